The molecular weight excluding hydrogens is 420 g/mol. The summed E-state index contributed by atoms with van der Waals surface area (Å²) in [6.45, 7) is 6.97. The average molecular weight is 440 g/mol. The van der Waals surface area contributed by atoms with Crippen LogP contribution in [0.1, 0.15) is 25.4 Å². The first kappa shape index (κ1) is 20.8. The maximum Gasteiger partial charge on any atom is 0.351 e. The van der Waals surface area contributed by atoms with Crippen LogP contribution < -0.4 is 5.32 Å². The molecule has 11 heteroatoms. The number of nitrogens with one attached hydrogen (secondary N) is 1. The Kier molecular flexibility index (Phi) is 5.36. The fraction of sp³-hybridized carbons (Fsp3) is 0.350. The van der Waals surface area contributed by atoms with Gasteiger partial charge in [-0.05, 0) is 18.9 Å². The highest BCUT2D eigenvalue weighted by atomic mass is 32.1. The van der Waals surface area contributed by atoms with Gasteiger partial charge in [0.2, 0.25) is 17.7 Å². The number of allylic oxidation sites excluding steroid dienone is 3. The van der Waals surface area contributed by atoms with E-state index in [2.05, 4.69) is 25.5 Å². The number of nitrogens with zero attached hydrogens (tertiary/aromatic N) is 5. The third-order valence-corrected chi connectivity index (χ3v) is 5.92. The van der Waals surface area contributed by atoms with Crippen molar-refractivity contribution in [2.75, 3.05) is 5.32 Å². The van der Waals surface area contributed by atoms with Crippen LogP contribution in [0.5, 0.6) is 0 Å². The van der Waals surface area contributed by atoms with Crippen LogP contribution in [-0.4, -0.2) is 49.7 Å². The minimum atomic E-state index is -1.04. The predicted molar refractivity (Wildman–Crippen MR) is 114 cm³/mol. The van der Waals surface area contributed by atoms with Gasteiger partial charge in [0.25, 0.3) is 5.89 Å². The lowest BCUT2D eigenvalue weighted by atomic mass is 9.92. The monoisotopic (exact) mass is 440 g/mol. The van der Waals surface area contributed by atoms with Crippen LogP contribution in [0.3, 0.4) is 0 Å². The van der Waals surface area contributed by atoms with Crippen molar-refractivity contribution in [3.05, 3.63) is 35.9 Å². The normalized spacial score (nSPS) is 18.9. The summed E-state index contributed by atoms with van der Waals surface area (Å²) in [4.78, 5) is 48.8. The molecule has 1 N–H and O–H groups in total. The number of hydrogen-bond acceptors (Lipinski definition) is 8. The number of fused-ring (bicyclic) bond motifs is 1. The summed E-state index contributed by atoms with van der Waals surface area (Å²) in [6, 6.07) is -1.79. The Balaban J connectivity index is 1.60. The van der Waals surface area contributed by atoms with E-state index < -0.39 is 29.8 Å². The minimum absolute atomic E-state index is 0.306. The number of imide groups is 1. The van der Waals surface area contributed by atoms with E-state index in [9.17, 15) is 14.4 Å². The molecule has 4 rings (SSSR count). The molecule has 0 spiro atoms. The lowest BCUT2D eigenvalue weighted by molar-refractivity contribution is -0.137. The van der Waals surface area contributed by atoms with E-state index in [4.69, 9.17) is 4.42 Å². The Hall–Kier alpha value is -3.47. The molecule has 0 fully saturated rings. The molecule has 10 nitrogen and oxygen atoms in total. The van der Waals surface area contributed by atoms with E-state index in [0.29, 0.717) is 33.2 Å². The highest BCUT2D eigenvalue weighted by Gasteiger charge is 2.43. The zero-order valence-electron chi connectivity index (χ0n) is 17.3. The van der Waals surface area contributed by atoms with Crippen LogP contribution in [-0.2, 0) is 9.59 Å². The number of thiazole rings is 1. The van der Waals surface area contributed by atoms with Gasteiger partial charge < -0.3 is 9.73 Å². The molecule has 2 aromatic rings. The van der Waals surface area contributed by atoms with Gasteiger partial charge in [-0.2, -0.15) is 4.99 Å². The van der Waals surface area contributed by atoms with Crippen molar-refractivity contribution in [3.63, 3.8) is 0 Å². The highest BCUT2D eigenvalue weighted by molar-refractivity contribution is 7.19. The highest BCUT2D eigenvalue weighted by Crippen LogP contribution is 2.32. The van der Waals surface area contributed by atoms with Crippen LogP contribution in [0.25, 0.3) is 10.8 Å². The number of carbonyl (C=O) groups is 3. The molecule has 4 amide bonds. The average Bonchev–Trinajstić information content (AvgIpc) is 3.29. The summed E-state index contributed by atoms with van der Waals surface area (Å²) < 4.78 is 5.44. The van der Waals surface area contributed by atoms with Crippen LogP contribution in [0.4, 0.5) is 9.93 Å². The lowest BCUT2D eigenvalue weighted by Crippen LogP contribution is -2.56. The number of rotatable bonds is 5. The third kappa shape index (κ3) is 3.83. The second-order valence-electron chi connectivity index (χ2n) is 7.49. The SMILES string of the molecule is Cc1nnc(-c2sc(NC(=O)[C@H](C(C)C)N3C(=O)N=C4C=CC=CC4C3=O)nc2C)o1. The minimum Gasteiger partial charge on any atom is -0.420 e. The van der Waals surface area contributed by atoms with Gasteiger partial charge in [-0.3, -0.25) is 9.59 Å². The first-order chi connectivity index (χ1) is 14.8. The molecule has 1 aliphatic heterocycles. The number of amides is 4. The molecule has 160 valence electrons. The molecule has 2 aromatic heterocycles. The number of aromatic nitrogens is 3. The number of carbonyl (C=O) groups excluding carboxylic acids is 3. The largest absolute Gasteiger partial charge is 0.420 e. The van der Waals surface area contributed by atoms with Gasteiger partial charge in [0.05, 0.1) is 17.3 Å². The number of urea groups is 1. The van der Waals surface area contributed by atoms with Crippen molar-refractivity contribution in [2.45, 2.75) is 33.7 Å². The molecule has 0 bridgehead atoms. The van der Waals surface area contributed by atoms with E-state index >= 15 is 0 Å². The molecule has 31 heavy (non-hydrogen) atoms. The maximum atomic E-state index is 13.1. The van der Waals surface area contributed by atoms with Crippen LogP contribution in [0, 0.1) is 25.7 Å². The standard InChI is InChI=1S/C20H20N6O4S/c1-9(2)14(26-18(28)12-7-5-6-8-13(12)22-20(26)29)16(27)23-19-21-10(3)15(31-19)17-25-24-11(4)30-17/h5-9,12,14H,1-4H3,(H,21,23,27)/t12?,14-/m0/s1. The van der Waals surface area contributed by atoms with Gasteiger partial charge in [-0.15, -0.1) is 10.2 Å². The van der Waals surface area contributed by atoms with Crippen LogP contribution in [0.15, 0.2) is 33.7 Å². The molecule has 1 aliphatic carbocycles. The number of anilines is 1. The quantitative estimate of drug-likeness (QED) is 0.756. The predicted octanol–water partition coefficient (Wildman–Crippen LogP) is 2.92. The maximum absolute atomic E-state index is 13.1. The molecule has 2 aliphatic rings. The Morgan fingerprint density at radius 1 is 1.23 bits per heavy atom. The zero-order chi connectivity index (χ0) is 22.3. The fourth-order valence-corrected chi connectivity index (χ4v) is 4.34. The summed E-state index contributed by atoms with van der Waals surface area (Å²) in [7, 11) is 0. The van der Waals surface area contributed by atoms with Crippen LogP contribution >= 0.6 is 11.3 Å². The van der Waals surface area contributed by atoms with Gasteiger partial charge in [0.15, 0.2) is 5.13 Å². The topological polar surface area (TPSA) is 131 Å². The molecule has 1 unspecified atom stereocenters. The van der Waals surface area contributed by atoms with Crippen molar-refractivity contribution in [1.82, 2.24) is 20.1 Å². The van der Waals surface area contributed by atoms with Gasteiger partial charge >= 0.3 is 6.03 Å². The van der Waals surface area contributed by atoms with Gasteiger partial charge in [-0.1, -0.05) is 43.4 Å². The van der Waals surface area contributed by atoms with Gasteiger partial charge in [-0.25, -0.2) is 14.7 Å². The van der Waals surface area contributed by atoms with Crippen molar-refractivity contribution in [1.29, 1.82) is 0 Å². The van der Waals surface area contributed by atoms with Crippen molar-refractivity contribution in [2.24, 2.45) is 16.8 Å². The van der Waals surface area contributed by atoms with E-state index in [1.54, 1.807) is 52.0 Å². The summed E-state index contributed by atoms with van der Waals surface area (Å²) in [5, 5.41) is 10.8. The summed E-state index contributed by atoms with van der Waals surface area (Å²) in [5.74, 6) is -1.27. The second-order valence-corrected chi connectivity index (χ2v) is 8.49. The molecule has 0 saturated heterocycles. The summed E-state index contributed by atoms with van der Waals surface area (Å²) in [5.41, 5.74) is 0.996. The summed E-state index contributed by atoms with van der Waals surface area (Å²) in [6.07, 6.45) is 6.73. The molecule has 2 atom stereocenters. The van der Waals surface area contributed by atoms with E-state index in [1.165, 1.54) is 11.3 Å². The first-order valence-corrected chi connectivity index (χ1v) is 10.5. The second kappa shape index (κ2) is 7.99. The van der Waals surface area contributed by atoms with Gasteiger partial charge in [0.1, 0.15) is 10.9 Å². The van der Waals surface area contributed by atoms with E-state index in [0.717, 1.165) is 4.90 Å². The summed E-state index contributed by atoms with van der Waals surface area (Å²) >= 11 is 1.17. The number of aliphatic imine (C=N–C) groups is 1. The zero-order valence-corrected chi connectivity index (χ0v) is 18.1. The smallest absolute Gasteiger partial charge is 0.351 e. The first-order valence-electron chi connectivity index (χ1n) is 9.65. The fourth-order valence-electron chi connectivity index (χ4n) is 3.45. The molecule has 0 radical (unpaired) electrons. The third-order valence-electron chi connectivity index (χ3n) is 4.86. The van der Waals surface area contributed by atoms with Crippen molar-refractivity contribution < 1.29 is 18.8 Å². The van der Waals surface area contributed by atoms with Gasteiger partial charge in [0, 0.05) is 6.92 Å². The van der Waals surface area contributed by atoms with E-state index in [-0.39, 0.29) is 5.92 Å². The number of hydrogen-bond donors (Lipinski definition) is 1. The van der Waals surface area contributed by atoms with Crippen molar-refractivity contribution in [3.8, 4) is 10.8 Å². The molecule has 0 saturated carbocycles. The Morgan fingerprint density at radius 2 is 2.00 bits per heavy atom. The Labute approximate surface area is 181 Å². The molecule has 0 aromatic carbocycles. The number of aryl methyl sites for hydroxylation is 2. The van der Waals surface area contributed by atoms with E-state index in [1.807, 2.05) is 0 Å². The Bertz CT molecular complexity index is 1160. The Morgan fingerprint density at radius 3 is 2.68 bits per heavy atom. The molecule has 3 heterocycles. The molecular formula is C20H20N6O4S. The van der Waals surface area contributed by atoms with Crippen LogP contribution in [0.2, 0.25) is 0 Å². The van der Waals surface area contributed by atoms with Crippen molar-refractivity contribution >= 4 is 40.0 Å². The lowest BCUT2D eigenvalue weighted by Gasteiger charge is -2.35.